The Morgan fingerprint density at radius 1 is 0.839 bits per heavy atom. The van der Waals surface area contributed by atoms with Gasteiger partial charge in [0.15, 0.2) is 0 Å². The quantitative estimate of drug-likeness (QED) is 0.341. The number of fused-ring (bicyclic) bond motifs is 1. The first-order chi connectivity index (χ1) is 15.3. The van der Waals surface area contributed by atoms with Crippen LogP contribution in [0.25, 0.3) is 33.4 Å². The van der Waals surface area contributed by atoms with Gasteiger partial charge in [0, 0.05) is 29.8 Å². The number of benzene rings is 2. The topological polar surface area (TPSA) is 73.8 Å². The number of hydrogen-bond acceptors (Lipinski definition) is 4. The molecule has 2 aromatic carbocycles. The fourth-order valence-electron chi connectivity index (χ4n) is 3.78. The zero-order valence-corrected chi connectivity index (χ0v) is 16.9. The van der Waals surface area contributed by atoms with Crippen molar-refractivity contribution in [3.8, 4) is 28.3 Å². The molecule has 0 aliphatic heterocycles. The van der Waals surface area contributed by atoms with Crippen LogP contribution in [0.1, 0.15) is 5.56 Å². The summed E-state index contributed by atoms with van der Waals surface area (Å²) in [6.45, 7) is 0.750. The van der Waals surface area contributed by atoms with Gasteiger partial charge in [-0.15, -0.1) is 0 Å². The Kier molecular flexibility index (Phi) is 5.07. The van der Waals surface area contributed by atoms with E-state index in [1.807, 2.05) is 48.5 Å². The van der Waals surface area contributed by atoms with Gasteiger partial charge in [0.1, 0.15) is 11.6 Å². The molecule has 0 amide bonds. The number of nitrogens with one attached hydrogen (secondary N) is 2. The summed E-state index contributed by atoms with van der Waals surface area (Å²) in [5.41, 5.74) is 5.93. The van der Waals surface area contributed by atoms with E-state index in [1.54, 1.807) is 18.3 Å². The summed E-state index contributed by atoms with van der Waals surface area (Å²) in [6, 6.07) is 25.4. The minimum atomic E-state index is 0.238. The molecule has 3 aromatic heterocycles. The monoisotopic (exact) mass is 406 g/mol. The van der Waals surface area contributed by atoms with Crippen molar-refractivity contribution >= 4 is 16.7 Å². The molecular formula is C26H22N4O. The van der Waals surface area contributed by atoms with Crippen molar-refractivity contribution < 1.29 is 5.11 Å². The molecule has 0 atom stereocenters. The third-order valence-corrected chi connectivity index (χ3v) is 5.31. The maximum atomic E-state index is 9.92. The summed E-state index contributed by atoms with van der Waals surface area (Å²) in [5, 5.41) is 14.6. The molecule has 0 bridgehead atoms. The van der Waals surface area contributed by atoms with Gasteiger partial charge in [0.2, 0.25) is 0 Å². The van der Waals surface area contributed by atoms with Gasteiger partial charge in [0.25, 0.3) is 0 Å². The second kappa shape index (κ2) is 8.32. The van der Waals surface area contributed by atoms with Crippen molar-refractivity contribution in [2.45, 2.75) is 6.42 Å². The summed E-state index contributed by atoms with van der Waals surface area (Å²) in [6.07, 6.45) is 4.71. The molecule has 3 heterocycles. The van der Waals surface area contributed by atoms with Gasteiger partial charge in [0.05, 0.1) is 11.4 Å². The van der Waals surface area contributed by atoms with Crippen molar-refractivity contribution in [2.75, 3.05) is 11.9 Å². The maximum absolute atomic E-state index is 9.92. The Hall–Kier alpha value is -4.12. The molecule has 5 heteroatoms. The second-order valence-electron chi connectivity index (χ2n) is 7.43. The standard InChI is InChI=1S/C26H22N4O/c31-21-7-5-6-18(14-21)20-15-25(24-10-3-4-12-27-24)30-26(16-20)28-13-11-19-17-29-23-9-2-1-8-22(19)23/h1-10,12,14-17,29,31H,11,13H2,(H,28,30). The fraction of sp³-hybridized carbons (Fsp3) is 0.0769. The van der Waals surface area contributed by atoms with E-state index < -0.39 is 0 Å². The summed E-state index contributed by atoms with van der Waals surface area (Å²) >= 11 is 0. The molecule has 0 saturated carbocycles. The average Bonchev–Trinajstić information content (AvgIpc) is 3.23. The van der Waals surface area contributed by atoms with E-state index in [4.69, 9.17) is 4.98 Å². The van der Waals surface area contributed by atoms with Gasteiger partial charge < -0.3 is 15.4 Å². The molecule has 0 aliphatic rings. The number of para-hydroxylation sites is 1. The highest BCUT2D eigenvalue weighted by Gasteiger charge is 2.09. The molecule has 3 N–H and O–H groups in total. The minimum absolute atomic E-state index is 0.238. The highest BCUT2D eigenvalue weighted by Crippen LogP contribution is 2.29. The molecular weight excluding hydrogens is 384 g/mol. The predicted molar refractivity (Wildman–Crippen MR) is 125 cm³/mol. The number of rotatable bonds is 6. The normalized spacial score (nSPS) is 11.0. The van der Waals surface area contributed by atoms with E-state index in [9.17, 15) is 5.11 Å². The van der Waals surface area contributed by atoms with Crippen molar-refractivity contribution in [3.63, 3.8) is 0 Å². The van der Waals surface area contributed by atoms with Gasteiger partial charge in [-0.25, -0.2) is 4.98 Å². The van der Waals surface area contributed by atoms with Gasteiger partial charge in [-0.2, -0.15) is 0 Å². The number of pyridine rings is 2. The molecule has 31 heavy (non-hydrogen) atoms. The van der Waals surface area contributed by atoms with Crippen LogP contribution in [0.2, 0.25) is 0 Å². The first kappa shape index (κ1) is 18.9. The third kappa shape index (κ3) is 4.12. The number of H-pyrrole nitrogens is 1. The zero-order chi connectivity index (χ0) is 21.0. The van der Waals surface area contributed by atoms with Crippen LogP contribution in [0.15, 0.2) is 91.3 Å². The van der Waals surface area contributed by atoms with Crippen LogP contribution in [0.3, 0.4) is 0 Å². The number of aromatic nitrogens is 3. The van der Waals surface area contributed by atoms with Crippen LogP contribution < -0.4 is 5.32 Å². The highest BCUT2D eigenvalue weighted by molar-refractivity contribution is 5.83. The predicted octanol–water partition coefficient (Wildman–Crippen LogP) is 5.65. The lowest BCUT2D eigenvalue weighted by atomic mass is 10.0. The lowest BCUT2D eigenvalue weighted by Crippen LogP contribution is -2.07. The lowest BCUT2D eigenvalue weighted by Gasteiger charge is -2.11. The van der Waals surface area contributed by atoms with Crippen LogP contribution in [-0.2, 0) is 6.42 Å². The van der Waals surface area contributed by atoms with Crippen LogP contribution in [0.4, 0.5) is 5.82 Å². The molecule has 0 saturated heterocycles. The van der Waals surface area contributed by atoms with E-state index >= 15 is 0 Å². The second-order valence-corrected chi connectivity index (χ2v) is 7.43. The summed E-state index contributed by atoms with van der Waals surface area (Å²) in [7, 11) is 0. The van der Waals surface area contributed by atoms with E-state index in [2.05, 4.69) is 39.7 Å². The zero-order valence-electron chi connectivity index (χ0n) is 16.9. The first-order valence-electron chi connectivity index (χ1n) is 10.3. The summed E-state index contributed by atoms with van der Waals surface area (Å²) in [5.74, 6) is 1.02. The lowest BCUT2D eigenvalue weighted by molar-refractivity contribution is 0.475. The Labute approximate surface area is 180 Å². The molecule has 0 unspecified atom stereocenters. The Morgan fingerprint density at radius 3 is 2.61 bits per heavy atom. The van der Waals surface area contributed by atoms with Gasteiger partial charge in [-0.3, -0.25) is 4.98 Å². The number of phenols is 1. The van der Waals surface area contributed by atoms with Gasteiger partial charge in [-0.05, 0) is 65.6 Å². The molecule has 0 aliphatic carbocycles. The van der Waals surface area contributed by atoms with Crippen molar-refractivity contribution in [2.24, 2.45) is 0 Å². The number of hydrogen-bond donors (Lipinski definition) is 3. The van der Waals surface area contributed by atoms with Crippen LogP contribution in [-0.4, -0.2) is 26.6 Å². The SMILES string of the molecule is Oc1cccc(-c2cc(NCCc3c[nH]c4ccccc34)nc(-c3ccccn3)c2)c1. The molecule has 5 rings (SSSR count). The molecule has 0 fully saturated rings. The highest BCUT2D eigenvalue weighted by atomic mass is 16.3. The van der Waals surface area contributed by atoms with Crippen molar-refractivity contribution in [1.29, 1.82) is 0 Å². The molecule has 152 valence electrons. The number of aromatic hydroxyl groups is 1. The Morgan fingerprint density at radius 2 is 1.74 bits per heavy atom. The van der Waals surface area contributed by atoms with E-state index in [0.29, 0.717) is 0 Å². The van der Waals surface area contributed by atoms with Crippen molar-refractivity contribution in [3.05, 3.63) is 96.8 Å². The number of phenolic OH excluding ortho intramolecular Hbond substituents is 1. The van der Waals surface area contributed by atoms with Crippen LogP contribution in [0, 0.1) is 0 Å². The van der Waals surface area contributed by atoms with Crippen LogP contribution in [0.5, 0.6) is 5.75 Å². The average molecular weight is 406 g/mol. The maximum Gasteiger partial charge on any atom is 0.127 e. The summed E-state index contributed by atoms with van der Waals surface area (Å²) in [4.78, 5) is 12.6. The van der Waals surface area contributed by atoms with E-state index in [1.165, 1.54) is 10.9 Å². The third-order valence-electron chi connectivity index (χ3n) is 5.31. The smallest absolute Gasteiger partial charge is 0.127 e. The van der Waals surface area contributed by atoms with Gasteiger partial charge in [-0.1, -0.05) is 36.4 Å². The van der Waals surface area contributed by atoms with E-state index in [0.717, 1.165) is 46.8 Å². The molecule has 5 aromatic rings. The molecule has 0 radical (unpaired) electrons. The summed E-state index contributed by atoms with van der Waals surface area (Å²) < 4.78 is 0. The number of aromatic amines is 1. The molecule has 0 spiro atoms. The van der Waals surface area contributed by atoms with Gasteiger partial charge >= 0.3 is 0 Å². The largest absolute Gasteiger partial charge is 0.508 e. The first-order valence-corrected chi connectivity index (χ1v) is 10.3. The number of anilines is 1. The fourth-order valence-corrected chi connectivity index (χ4v) is 3.78. The van der Waals surface area contributed by atoms with Crippen molar-refractivity contribution in [1.82, 2.24) is 15.0 Å². The van der Waals surface area contributed by atoms with Crippen LogP contribution >= 0.6 is 0 Å². The number of nitrogens with zero attached hydrogens (tertiary/aromatic N) is 2. The Bertz CT molecular complexity index is 1330. The Balaban J connectivity index is 1.43. The minimum Gasteiger partial charge on any atom is -0.508 e. The van der Waals surface area contributed by atoms with E-state index in [-0.39, 0.29) is 5.75 Å². The molecule has 5 nitrogen and oxygen atoms in total.